The zero-order valence-corrected chi connectivity index (χ0v) is 11.6. The van der Waals surface area contributed by atoms with Crippen molar-refractivity contribution in [1.82, 2.24) is 9.76 Å². The van der Waals surface area contributed by atoms with Crippen molar-refractivity contribution in [3.05, 3.63) is 0 Å². The van der Waals surface area contributed by atoms with Gasteiger partial charge in [-0.15, -0.1) is 23.2 Å². The van der Waals surface area contributed by atoms with E-state index in [1.807, 2.05) is 0 Å². The van der Waals surface area contributed by atoms with Crippen LogP contribution in [0.25, 0.3) is 0 Å². The Morgan fingerprint density at radius 1 is 1.50 bits per heavy atom. The molecule has 8 heteroatoms. The summed E-state index contributed by atoms with van der Waals surface area (Å²) in [5.74, 6) is 0.757. The minimum absolute atomic E-state index is 0.243. The molecule has 1 N–H and O–H groups in total. The molecule has 5 nitrogen and oxygen atoms in total. The van der Waals surface area contributed by atoms with Gasteiger partial charge in [-0.1, -0.05) is 0 Å². The van der Waals surface area contributed by atoms with E-state index in [0.717, 1.165) is 0 Å². The van der Waals surface area contributed by atoms with Crippen molar-refractivity contribution in [2.24, 2.45) is 0 Å². The average Bonchev–Trinajstić information content (AvgIpc) is 2.29. The van der Waals surface area contributed by atoms with Gasteiger partial charge in [0.15, 0.2) is 0 Å². The summed E-state index contributed by atoms with van der Waals surface area (Å²) in [5.41, 5.74) is 0. The zero-order chi connectivity index (χ0) is 12.0. The lowest BCUT2D eigenvalue weighted by Gasteiger charge is -2.36. The maximum Gasteiger partial charge on any atom is 0.345 e. The molecule has 1 fully saturated rings. The van der Waals surface area contributed by atoms with Gasteiger partial charge in [0, 0.05) is 38.4 Å². The Morgan fingerprint density at radius 2 is 2.12 bits per heavy atom. The lowest BCUT2D eigenvalue weighted by Crippen LogP contribution is -2.42. The monoisotopic (exact) mass is 290 g/mol. The second-order valence-electron chi connectivity index (χ2n) is 3.33. The quantitative estimate of drug-likeness (QED) is 0.598. The van der Waals surface area contributed by atoms with Gasteiger partial charge in [0.05, 0.1) is 6.61 Å². The van der Waals surface area contributed by atoms with Crippen LogP contribution in [0, 0.1) is 0 Å². The van der Waals surface area contributed by atoms with Crippen LogP contribution in [0.3, 0.4) is 0 Å². The molecule has 0 amide bonds. The second kappa shape index (κ2) is 7.17. The van der Waals surface area contributed by atoms with E-state index in [4.69, 9.17) is 32.5 Å². The van der Waals surface area contributed by atoms with E-state index in [1.165, 1.54) is 0 Å². The van der Waals surface area contributed by atoms with Crippen LogP contribution in [-0.4, -0.2) is 49.5 Å². The third kappa shape index (κ3) is 3.84. The molecule has 0 aromatic rings. The molecular formula is C8H17Cl2N2O3P. The summed E-state index contributed by atoms with van der Waals surface area (Å²) in [6.45, 7) is 1.34. The molecule has 0 saturated carbocycles. The van der Waals surface area contributed by atoms with Crippen molar-refractivity contribution >= 4 is 30.9 Å². The third-order valence-corrected chi connectivity index (χ3v) is 4.93. The van der Waals surface area contributed by atoms with Gasteiger partial charge < -0.3 is 9.26 Å². The lowest BCUT2D eigenvalue weighted by molar-refractivity contribution is 0.0452. The standard InChI is InChI=1S/C8H17Cl2N2O3P/c1-14-8-2-7-15-16(13,11-8)12(5-3-9)6-4-10/h8H,2-7H2,1H3,(H,11,13). The minimum atomic E-state index is -3.04. The molecule has 2 unspecified atom stereocenters. The van der Waals surface area contributed by atoms with Gasteiger partial charge in [-0.2, -0.15) is 0 Å². The van der Waals surface area contributed by atoms with Crippen LogP contribution in [0.1, 0.15) is 6.42 Å². The van der Waals surface area contributed by atoms with Crippen molar-refractivity contribution in [2.45, 2.75) is 12.6 Å². The van der Waals surface area contributed by atoms with Gasteiger partial charge >= 0.3 is 7.67 Å². The number of methoxy groups -OCH3 is 1. The highest BCUT2D eigenvalue weighted by Crippen LogP contribution is 2.49. The van der Waals surface area contributed by atoms with Crippen LogP contribution >= 0.6 is 30.9 Å². The molecule has 0 spiro atoms. The Hall–Kier alpha value is 0.650. The van der Waals surface area contributed by atoms with E-state index in [9.17, 15) is 4.57 Å². The van der Waals surface area contributed by atoms with E-state index in [2.05, 4.69) is 5.09 Å². The highest BCUT2D eigenvalue weighted by Gasteiger charge is 2.37. The molecule has 96 valence electrons. The molecule has 1 saturated heterocycles. The van der Waals surface area contributed by atoms with Crippen LogP contribution in [0.5, 0.6) is 0 Å². The fraction of sp³-hybridized carbons (Fsp3) is 1.00. The molecule has 16 heavy (non-hydrogen) atoms. The third-order valence-electron chi connectivity index (χ3n) is 2.30. The van der Waals surface area contributed by atoms with Gasteiger partial charge in [-0.3, -0.25) is 4.57 Å². The molecule has 1 aliphatic rings. The number of halogens is 2. The van der Waals surface area contributed by atoms with Crippen molar-refractivity contribution in [1.29, 1.82) is 0 Å². The average molecular weight is 291 g/mol. The van der Waals surface area contributed by atoms with Gasteiger partial charge in [0.1, 0.15) is 6.23 Å². The van der Waals surface area contributed by atoms with Gasteiger partial charge in [-0.05, 0) is 0 Å². The largest absolute Gasteiger partial charge is 0.366 e. The predicted octanol–water partition coefficient (Wildman–Crippen LogP) is 1.86. The van der Waals surface area contributed by atoms with E-state index in [0.29, 0.717) is 37.9 Å². The second-order valence-corrected chi connectivity index (χ2v) is 6.21. The number of alkyl halides is 2. The highest BCUT2D eigenvalue weighted by atomic mass is 35.5. The Balaban J connectivity index is 2.67. The van der Waals surface area contributed by atoms with Crippen molar-refractivity contribution in [3.8, 4) is 0 Å². The Bertz CT molecular complexity index is 251. The first kappa shape index (κ1) is 14.7. The molecule has 0 radical (unpaired) electrons. The number of nitrogens with zero attached hydrogens (tertiary/aromatic N) is 1. The van der Waals surface area contributed by atoms with Crippen LogP contribution in [0.15, 0.2) is 0 Å². The summed E-state index contributed by atoms with van der Waals surface area (Å²) < 4.78 is 24.6. The molecule has 0 bridgehead atoms. The summed E-state index contributed by atoms with van der Waals surface area (Å²) in [5, 5.41) is 2.87. The first-order chi connectivity index (χ1) is 7.66. The fourth-order valence-corrected chi connectivity index (χ4v) is 4.19. The Kier molecular flexibility index (Phi) is 6.59. The predicted molar refractivity (Wildman–Crippen MR) is 65.1 cm³/mol. The summed E-state index contributed by atoms with van der Waals surface area (Å²) in [6.07, 6.45) is 0.434. The van der Waals surface area contributed by atoms with Gasteiger partial charge in [0.25, 0.3) is 0 Å². The lowest BCUT2D eigenvalue weighted by atomic mass is 10.4. The maximum absolute atomic E-state index is 12.5. The molecule has 1 aliphatic heterocycles. The molecule has 0 aromatic carbocycles. The van der Waals surface area contributed by atoms with E-state index in [1.54, 1.807) is 11.8 Å². The number of ether oxygens (including phenoxy) is 1. The summed E-state index contributed by atoms with van der Waals surface area (Å²) >= 11 is 11.3. The number of rotatable bonds is 6. The summed E-state index contributed by atoms with van der Waals surface area (Å²) in [7, 11) is -1.47. The smallest absolute Gasteiger partial charge is 0.345 e. The maximum atomic E-state index is 12.5. The minimum Gasteiger partial charge on any atom is -0.366 e. The van der Waals surface area contributed by atoms with E-state index in [-0.39, 0.29) is 6.23 Å². The van der Waals surface area contributed by atoms with Gasteiger partial charge in [-0.25, -0.2) is 9.76 Å². The molecular weight excluding hydrogens is 274 g/mol. The number of hydrogen-bond acceptors (Lipinski definition) is 3. The van der Waals surface area contributed by atoms with E-state index >= 15 is 0 Å². The number of nitrogens with one attached hydrogen (secondary N) is 1. The topological polar surface area (TPSA) is 50.8 Å². The van der Waals surface area contributed by atoms with Gasteiger partial charge in [0.2, 0.25) is 0 Å². The first-order valence-corrected chi connectivity index (χ1v) is 7.73. The SMILES string of the molecule is COC1CCOP(=O)(N(CCCl)CCCl)N1. The van der Waals surface area contributed by atoms with Crippen molar-refractivity contribution in [3.63, 3.8) is 0 Å². The van der Waals surface area contributed by atoms with Crippen molar-refractivity contribution < 1.29 is 13.8 Å². The molecule has 0 aromatic heterocycles. The molecule has 0 aliphatic carbocycles. The normalized spacial score (nSPS) is 30.9. The number of hydrogen-bond donors (Lipinski definition) is 1. The highest BCUT2D eigenvalue weighted by molar-refractivity contribution is 7.54. The zero-order valence-electron chi connectivity index (χ0n) is 9.20. The molecule has 2 atom stereocenters. The Morgan fingerprint density at radius 3 is 2.62 bits per heavy atom. The van der Waals surface area contributed by atoms with E-state index < -0.39 is 7.67 Å². The van der Waals surface area contributed by atoms with Crippen LogP contribution in [-0.2, 0) is 13.8 Å². The van der Waals surface area contributed by atoms with Crippen LogP contribution < -0.4 is 5.09 Å². The summed E-state index contributed by atoms with van der Waals surface area (Å²) in [4.78, 5) is 0. The molecule has 1 heterocycles. The fourth-order valence-electron chi connectivity index (χ4n) is 1.47. The molecule has 1 rings (SSSR count). The summed E-state index contributed by atoms with van der Waals surface area (Å²) in [6, 6.07) is 0. The van der Waals surface area contributed by atoms with Crippen molar-refractivity contribution in [2.75, 3.05) is 38.6 Å². The van der Waals surface area contributed by atoms with Crippen LogP contribution in [0.2, 0.25) is 0 Å². The van der Waals surface area contributed by atoms with Crippen LogP contribution in [0.4, 0.5) is 0 Å². The Labute approximate surface area is 106 Å². The first-order valence-electron chi connectivity index (χ1n) is 5.09.